The van der Waals surface area contributed by atoms with Crippen molar-refractivity contribution in [3.05, 3.63) is 23.9 Å². The average molecular weight is 219 g/mol. The molecule has 0 bridgehead atoms. The van der Waals surface area contributed by atoms with Crippen LogP contribution in [0.5, 0.6) is 0 Å². The number of aromatic nitrogens is 1. The zero-order chi connectivity index (χ0) is 11.4. The zero-order valence-corrected chi connectivity index (χ0v) is 9.59. The molecule has 1 aliphatic rings. The van der Waals surface area contributed by atoms with Crippen LogP contribution in [0.4, 0.5) is 5.82 Å². The number of nitrogens with zero attached hydrogens (tertiary/aromatic N) is 3. The Labute approximate surface area is 95.9 Å². The molecule has 1 aliphatic heterocycles. The molecule has 1 aromatic rings. The van der Waals surface area contributed by atoms with Crippen molar-refractivity contribution in [2.75, 3.05) is 38.1 Å². The second-order valence-electron chi connectivity index (χ2n) is 4.21. The summed E-state index contributed by atoms with van der Waals surface area (Å²) in [7, 11) is 2.15. The van der Waals surface area contributed by atoms with Crippen LogP contribution in [0.25, 0.3) is 0 Å². The fourth-order valence-corrected chi connectivity index (χ4v) is 1.93. The Hall–Kier alpha value is -1.42. The molecule has 0 atom stereocenters. The second-order valence-corrected chi connectivity index (χ2v) is 4.21. The Morgan fingerprint density at radius 2 is 2.12 bits per heavy atom. The third-order valence-electron chi connectivity index (χ3n) is 2.95. The van der Waals surface area contributed by atoms with Crippen LogP contribution in [-0.2, 0) is 0 Å². The molecule has 0 unspecified atom stereocenters. The minimum atomic E-state index is 0.635. The Morgan fingerprint density at radius 3 is 2.81 bits per heavy atom. The van der Waals surface area contributed by atoms with Gasteiger partial charge in [0.1, 0.15) is 5.82 Å². The number of anilines is 1. The Kier molecular flexibility index (Phi) is 3.51. The highest BCUT2D eigenvalue weighted by atomic mass is 16.1. The number of carbonyl (C=O) groups is 1. The molecule has 86 valence electrons. The fraction of sp³-hybridized carbons (Fsp3) is 0.500. The molecule has 2 heterocycles. The van der Waals surface area contributed by atoms with E-state index in [-0.39, 0.29) is 0 Å². The van der Waals surface area contributed by atoms with Crippen molar-refractivity contribution >= 4 is 12.1 Å². The maximum atomic E-state index is 10.5. The molecule has 0 amide bonds. The van der Waals surface area contributed by atoms with Gasteiger partial charge in [-0.3, -0.25) is 4.79 Å². The number of pyridine rings is 1. The summed E-state index contributed by atoms with van der Waals surface area (Å²) < 4.78 is 0. The molecule has 2 rings (SSSR count). The highest BCUT2D eigenvalue weighted by molar-refractivity contribution is 5.74. The molecule has 1 aromatic heterocycles. The lowest BCUT2D eigenvalue weighted by molar-refractivity contribution is 0.112. The summed E-state index contributed by atoms with van der Waals surface area (Å²) in [5.74, 6) is 0.973. The minimum absolute atomic E-state index is 0.635. The van der Waals surface area contributed by atoms with Crippen molar-refractivity contribution in [3.8, 4) is 0 Å². The molecule has 0 radical (unpaired) electrons. The van der Waals surface area contributed by atoms with E-state index < -0.39 is 0 Å². The van der Waals surface area contributed by atoms with E-state index in [0.29, 0.717) is 5.56 Å². The number of hydrogen-bond donors (Lipinski definition) is 0. The van der Waals surface area contributed by atoms with E-state index in [1.165, 1.54) is 0 Å². The molecule has 4 nitrogen and oxygen atoms in total. The van der Waals surface area contributed by atoms with Crippen molar-refractivity contribution in [1.29, 1.82) is 0 Å². The molecular formula is C12H17N3O. The third-order valence-corrected chi connectivity index (χ3v) is 2.95. The number of hydrogen-bond acceptors (Lipinski definition) is 4. The average Bonchev–Trinajstić information content (AvgIpc) is 2.54. The first kappa shape index (κ1) is 11.1. The summed E-state index contributed by atoms with van der Waals surface area (Å²) in [6, 6.07) is 3.75. The lowest BCUT2D eigenvalue weighted by atomic mass is 10.3. The van der Waals surface area contributed by atoms with E-state index in [9.17, 15) is 4.79 Å². The minimum Gasteiger partial charge on any atom is -0.355 e. The molecule has 1 saturated heterocycles. The van der Waals surface area contributed by atoms with Gasteiger partial charge in [0.25, 0.3) is 0 Å². The number of rotatable bonds is 2. The van der Waals surface area contributed by atoms with Crippen molar-refractivity contribution in [2.24, 2.45) is 0 Å². The van der Waals surface area contributed by atoms with Crippen LogP contribution in [-0.4, -0.2) is 49.4 Å². The van der Waals surface area contributed by atoms with E-state index in [2.05, 4.69) is 21.8 Å². The Morgan fingerprint density at radius 1 is 1.25 bits per heavy atom. The van der Waals surface area contributed by atoms with Crippen molar-refractivity contribution in [2.45, 2.75) is 6.42 Å². The van der Waals surface area contributed by atoms with Gasteiger partial charge in [0.05, 0.1) is 0 Å². The molecule has 0 aromatic carbocycles. The molecule has 0 saturated carbocycles. The zero-order valence-electron chi connectivity index (χ0n) is 9.59. The first-order chi connectivity index (χ1) is 7.79. The van der Waals surface area contributed by atoms with E-state index >= 15 is 0 Å². The quantitative estimate of drug-likeness (QED) is 0.696. The summed E-state index contributed by atoms with van der Waals surface area (Å²) in [6.07, 6.45) is 3.62. The topological polar surface area (TPSA) is 36.4 Å². The lowest BCUT2D eigenvalue weighted by Gasteiger charge is -2.21. The van der Waals surface area contributed by atoms with Gasteiger partial charge in [-0.15, -0.1) is 0 Å². The van der Waals surface area contributed by atoms with E-state index in [1.54, 1.807) is 6.20 Å². The Balaban J connectivity index is 2.07. The fourth-order valence-electron chi connectivity index (χ4n) is 1.93. The largest absolute Gasteiger partial charge is 0.355 e. The maximum absolute atomic E-state index is 10.5. The van der Waals surface area contributed by atoms with Gasteiger partial charge in [-0.1, -0.05) is 0 Å². The van der Waals surface area contributed by atoms with E-state index in [0.717, 1.165) is 44.7 Å². The predicted molar refractivity (Wildman–Crippen MR) is 64.0 cm³/mol. The van der Waals surface area contributed by atoms with Crippen LogP contribution in [0.1, 0.15) is 16.8 Å². The maximum Gasteiger partial charge on any atom is 0.151 e. The van der Waals surface area contributed by atoms with Crippen LogP contribution in [0, 0.1) is 0 Å². The van der Waals surface area contributed by atoms with E-state index in [1.807, 2.05) is 12.1 Å². The molecule has 0 spiro atoms. The van der Waals surface area contributed by atoms with Crippen LogP contribution >= 0.6 is 0 Å². The number of carbonyl (C=O) groups excluding carboxylic acids is 1. The Bertz CT molecular complexity index is 350. The van der Waals surface area contributed by atoms with Gasteiger partial charge in [0.15, 0.2) is 6.29 Å². The first-order valence-electron chi connectivity index (χ1n) is 5.64. The van der Waals surface area contributed by atoms with Crippen LogP contribution < -0.4 is 4.90 Å². The van der Waals surface area contributed by atoms with Crippen molar-refractivity contribution in [1.82, 2.24) is 9.88 Å². The summed E-state index contributed by atoms with van der Waals surface area (Å²) in [6.45, 7) is 4.25. The van der Waals surface area contributed by atoms with Gasteiger partial charge >= 0.3 is 0 Å². The van der Waals surface area contributed by atoms with Gasteiger partial charge in [-0.25, -0.2) is 4.98 Å². The summed E-state index contributed by atoms with van der Waals surface area (Å²) in [5, 5.41) is 0. The highest BCUT2D eigenvalue weighted by Gasteiger charge is 2.13. The molecular weight excluding hydrogens is 202 g/mol. The number of likely N-dealkylation sites (N-methyl/N-ethyl adjacent to an activating group) is 1. The van der Waals surface area contributed by atoms with E-state index in [4.69, 9.17) is 0 Å². The van der Waals surface area contributed by atoms with Crippen LogP contribution in [0.15, 0.2) is 18.3 Å². The third kappa shape index (κ3) is 2.58. The molecule has 0 N–H and O–H groups in total. The summed E-state index contributed by atoms with van der Waals surface area (Å²) in [5.41, 5.74) is 0.635. The van der Waals surface area contributed by atoms with Gasteiger partial charge in [0, 0.05) is 31.4 Å². The number of aldehydes is 1. The standard InChI is InChI=1S/C12H17N3O/c1-14-5-2-6-15(8-7-14)12-4-3-11(10-16)9-13-12/h3-4,9-10H,2,5-8H2,1H3. The molecule has 1 fully saturated rings. The van der Waals surface area contributed by atoms with Crippen LogP contribution in [0.3, 0.4) is 0 Å². The highest BCUT2D eigenvalue weighted by Crippen LogP contribution is 2.13. The lowest BCUT2D eigenvalue weighted by Crippen LogP contribution is -2.29. The predicted octanol–water partition coefficient (Wildman–Crippen LogP) is 1.04. The van der Waals surface area contributed by atoms with Crippen molar-refractivity contribution < 1.29 is 4.79 Å². The SMILES string of the molecule is CN1CCCN(c2ccc(C=O)cn2)CC1. The summed E-state index contributed by atoms with van der Waals surface area (Å²) in [4.78, 5) is 19.5. The van der Waals surface area contributed by atoms with Crippen LogP contribution in [0.2, 0.25) is 0 Å². The normalized spacial score (nSPS) is 18.2. The molecule has 4 heteroatoms. The molecule has 16 heavy (non-hydrogen) atoms. The van der Waals surface area contributed by atoms with Gasteiger partial charge in [0.2, 0.25) is 0 Å². The van der Waals surface area contributed by atoms with Gasteiger partial charge in [-0.05, 0) is 32.1 Å². The van der Waals surface area contributed by atoms with Gasteiger partial charge < -0.3 is 9.80 Å². The van der Waals surface area contributed by atoms with Gasteiger partial charge in [-0.2, -0.15) is 0 Å². The smallest absolute Gasteiger partial charge is 0.151 e. The molecule has 0 aliphatic carbocycles. The van der Waals surface area contributed by atoms with Crippen molar-refractivity contribution in [3.63, 3.8) is 0 Å². The monoisotopic (exact) mass is 219 g/mol. The first-order valence-corrected chi connectivity index (χ1v) is 5.64. The summed E-state index contributed by atoms with van der Waals surface area (Å²) >= 11 is 0. The second kappa shape index (κ2) is 5.07.